The highest BCUT2D eigenvalue weighted by Crippen LogP contribution is 2.35. The van der Waals surface area contributed by atoms with Crippen LogP contribution in [-0.4, -0.2) is 11.2 Å². The number of aliphatic imine (C=N–C) groups is 1. The van der Waals surface area contributed by atoms with Crippen LogP contribution >= 0.6 is 11.6 Å². The SMILES string of the molecule is FC1(c2ncccc2Cl)[CH]N=CC=C1. The Kier molecular flexibility index (Phi) is 2.33. The van der Waals surface area contributed by atoms with Gasteiger partial charge in [0.05, 0.1) is 5.02 Å². The molecule has 1 aliphatic rings. The highest BCUT2D eigenvalue weighted by atomic mass is 35.5. The summed E-state index contributed by atoms with van der Waals surface area (Å²) in [5.74, 6) is 0. The molecule has 71 valence electrons. The minimum atomic E-state index is -1.78. The van der Waals surface area contributed by atoms with E-state index in [2.05, 4.69) is 9.98 Å². The maximum Gasteiger partial charge on any atom is 0.197 e. The summed E-state index contributed by atoms with van der Waals surface area (Å²) in [4.78, 5) is 7.65. The largest absolute Gasteiger partial charge is 0.283 e. The van der Waals surface area contributed by atoms with E-state index in [0.717, 1.165) is 0 Å². The molecule has 1 atom stereocenters. The summed E-state index contributed by atoms with van der Waals surface area (Å²) < 4.78 is 14.2. The molecule has 0 N–H and O–H groups in total. The van der Waals surface area contributed by atoms with Gasteiger partial charge in [-0.1, -0.05) is 11.6 Å². The van der Waals surface area contributed by atoms with Gasteiger partial charge in [0.25, 0.3) is 0 Å². The number of halogens is 2. The fourth-order valence-corrected chi connectivity index (χ4v) is 1.50. The smallest absolute Gasteiger partial charge is 0.197 e. The van der Waals surface area contributed by atoms with Gasteiger partial charge in [-0.25, -0.2) is 4.39 Å². The van der Waals surface area contributed by atoms with Crippen LogP contribution in [0.1, 0.15) is 5.69 Å². The Labute approximate surface area is 86.1 Å². The summed E-state index contributed by atoms with van der Waals surface area (Å²) in [6.07, 6.45) is 5.91. The van der Waals surface area contributed by atoms with Gasteiger partial charge in [-0.2, -0.15) is 0 Å². The Hall–Kier alpha value is -1.22. The van der Waals surface area contributed by atoms with E-state index in [4.69, 9.17) is 11.6 Å². The van der Waals surface area contributed by atoms with E-state index < -0.39 is 5.67 Å². The fraction of sp³-hybridized carbons (Fsp3) is 0.100. The quantitative estimate of drug-likeness (QED) is 0.698. The van der Waals surface area contributed by atoms with Gasteiger partial charge >= 0.3 is 0 Å². The maximum absolute atomic E-state index is 14.2. The van der Waals surface area contributed by atoms with Crippen molar-refractivity contribution in [1.82, 2.24) is 4.98 Å². The van der Waals surface area contributed by atoms with E-state index in [1.165, 1.54) is 31.1 Å². The lowest BCUT2D eigenvalue weighted by Gasteiger charge is -2.20. The maximum atomic E-state index is 14.2. The monoisotopic (exact) mass is 209 g/mol. The van der Waals surface area contributed by atoms with Gasteiger partial charge in [0, 0.05) is 12.4 Å². The molecule has 2 rings (SSSR count). The molecule has 1 aliphatic heterocycles. The van der Waals surface area contributed by atoms with Crippen LogP contribution < -0.4 is 0 Å². The molecule has 0 amide bonds. The molecule has 2 heterocycles. The first-order valence-corrected chi connectivity index (χ1v) is 4.45. The van der Waals surface area contributed by atoms with Crippen molar-refractivity contribution in [1.29, 1.82) is 0 Å². The standard InChI is InChI=1S/C10H7ClFN2/c11-8-3-1-6-14-9(8)10(12)4-2-5-13-7-10/h1-7H. The zero-order valence-electron chi connectivity index (χ0n) is 7.19. The lowest BCUT2D eigenvalue weighted by molar-refractivity contribution is 0.270. The van der Waals surface area contributed by atoms with Crippen LogP contribution in [0.4, 0.5) is 4.39 Å². The molecule has 2 nitrogen and oxygen atoms in total. The molecule has 14 heavy (non-hydrogen) atoms. The van der Waals surface area contributed by atoms with Crippen molar-refractivity contribution in [2.24, 2.45) is 4.99 Å². The number of hydrogen-bond donors (Lipinski definition) is 0. The topological polar surface area (TPSA) is 25.2 Å². The van der Waals surface area contributed by atoms with Crippen molar-refractivity contribution < 1.29 is 4.39 Å². The number of dihydropyridines is 1. The van der Waals surface area contributed by atoms with Gasteiger partial charge < -0.3 is 0 Å². The second-order valence-corrected chi connectivity index (χ2v) is 3.30. The third-order valence-electron chi connectivity index (χ3n) is 1.89. The first-order chi connectivity index (χ1) is 6.72. The molecule has 0 saturated carbocycles. The molecule has 0 fully saturated rings. The number of hydrogen-bond acceptors (Lipinski definition) is 2. The highest BCUT2D eigenvalue weighted by Gasteiger charge is 2.33. The van der Waals surface area contributed by atoms with Gasteiger partial charge in [0.15, 0.2) is 5.67 Å². The predicted molar refractivity (Wildman–Crippen MR) is 54.0 cm³/mol. The van der Waals surface area contributed by atoms with Crippen LogP contribution in [0.5, 0.6) is 0 Å². The Morgan fingerprint density at radius 1 is 1.43 bits per heavy atom. The predicted octanol–water partition coefficient (Wildman–Crippen LogP) is 2.70. The molecular formula is C10H7ClFN2. The van der Waals surface area contributed by atoms with Crippen LogP contribution in [0, 0.1) is 6.54 Å². The molecule has 1 radical (unpaired) electrons. The summed E-state index contributed by atoms with van der Waals surface area (Å²) in [6.45, 7) is 1.18. The number of alkyl halides is 1. The number of rotatable bonds is 1. The molecule has 1 aromatic rings. The molecule has 0 spiro atoms. The first-order valence-electron chi connectivity index (χ1n) is 4.08. The van der Waals surface area contributed by atoms with E-state index in [1.54, 1.807) is 12.1 Å². The van der Waals surface area contributed by atoms with Crippen molar-refractivity contribution in [2.45, 2.75) is 5.67 Å². The normalized spacial score (nSPS) is 25.3. The summed E-state index contributed by atoms with van der Waals surface area (Å²) in [5.41, 5.74) is -1.61. The van der Waals surface area contributed by atoms with E-state index in [9.17, 15) is 4.39 Å². The second-order valence-electron chi connectivity index (χ2n) is 2.89. The average Bonchev–Trinajstić information content (AvgIpc) is 2.19. The lowest BCUT2D eigenvalue weighted by Crippen LogP contribution is -2.21. The van der Waals surface area contributed by atoms with Crippen LogP contribution in [0.3, 0.4) is 0 Å². The van der Waals surface area contributed by atoms with E-state index >= 15 is 0 Å². The summed E-state index contributed by atoms with van der Waals surface area (Å²) >= 11 is 5.84. The molecule has 1 unspecified atom stereocenters. The molecule has 4 heteroatoms. The average molecular weight is 210 g/mol. The molecule has 0 aliphatic carbocycles. The third-order valence-corrected chi connectivity index (χ3v) is 2.20. The summed E-state index contributed by atoms with van der Waals surface area (Å²) in [7, 11) is 0. The van der Waals surface area contributed by atoms with E-state index in [1.807, 2.05) is 0 Å². The minimum Gasteiger partial charge on any atom is -0.283 e. The molecule has 0 saturated heterocycles. The van der Waals surface area contributed by atoms with Crippen LogP contribution in [0.25, 0.3) is 0 Å². The number of allylic oxidation sites excluding steroid dienone is 1. The van der Waals surface area contributed by atoms with Gasteiger partial charge in [-0.3, -0.25) is 9.98 Å². The second kappa shape index (κ2) is 3.50. The molecule has 0 bridgehead atoms. The van der Waals surface area contributed by atoms with Crippen LogP contribution in [0.2, 0.25) is 5.02 Å². The Morgan fingerprint density at radius 2 is 2.29 bits per heavy atom. The van der Waals surface area contributed by atoms with E-state index in [0.29, 0.717) is 5.02 Å². The third kappa shape index (κ3) is 1.55. The van der Waals surface area contributed by atoms with Gasteiger partial charge in [0.1, 0.15) is 12.2 Å². The van der Waals surface area contributed by atoms with Crippen molar-refractivity contribution in [3.63, 3.8) is 0 Å². The Balaban J connectivity index is 2.44. The Morgan fingerprint density at radius 3 is 2.93 bits per heavy atom. The highest BCUT2D eigenvalue weighted by molar-refractivity contribution is 6.31. The van der Waals surface area contributed by atoms with Crippen molar-refractivity contribution in [2.75, 3.05) is 0 Å². The van der Waals surface area contributed by atoms with Gasteiger partial charge in [0.2, 0.25) is 0 Å². The van der Waals surface area contributed by atoms with Crippen molar-refractivity contribution in [3.8, 4) is 0 Å². The zero-order chi connectivity index (χ0) is 10.0. The van der Waals surface area contributed by atoms with Crippen LogP contribution in [0.15, 0.2) is 35.5 Å². The zero-order valence-corrected chi connectivity index (χ0v) is 7.95. The van der Waals surface area contributed by atoms with Crippen LogP contribution in [-0.2, 0) is 5.67 Å². The summed E-state index contributed by atoms with van der Waals surface area (Å²) in [6, 6.07) is 3.26. The molecule has 0 aromatic carbocycles. The molecular weight excluding hydrogens is 203 g/mol. The van der Waals surface area contributed by atoms with E-state index in [-0.39, 0.29) is 5.69 Å². The molecule has 1 aromatic heterocycles. The first kappa shape index (κ1) is 9.34. The van der Waals surface area contributed by atoms with Gasteiger partial charge in [-0.15, -0.1) is 0 Å². The Bertz CT molecular complexity index is 403. The number of pyridine rings is 1. The van der Waals surface area contributed by atoms with Crippen molar-refractivity contribution >= 4 is 17.8 Å². The number of aromatic nitrogens is 1. The fourth-order valence-electron chi connectivity index (χ4n) is 1.24. The number of nitrogens with zero attached hydrogens (tertiary/aromatic N) is 2. The lowest BCUT2D eigenvalue weighted by atomic mass is 9.99. The minimum absolute atomic E-state index is 0.176. The van der Waals surface area contributed by atoms with Gasteiger partial charge in [-0.05, 0) is 24.3 Å². The summed E-state index contributed by atoms with van der Waals surface area (Å²) in [5, 5.41) is 0.299. The van der Waals surface area contributed by atoms with Crippen molar-refractivity contribution in [3.05, 3.63) is 47.7 Å².